The Labute approximate surface area is 128 Å². The monoisotopic (exact) mass is 292 g/mol. The van der Waals surface area contributed by atoms with Crippen LogP contribution in [0, 0.1) is 12.8 Å². The lowest BCUT2D eigenvalue weighted by molar-refractivity contribution is 0.334. The topological polar surface area (TPSA) is 50.3 Å². The molecular weight excluding hydrogens is 264 g/mol. The smallest absolute Gasteiger partial charge is 0.221 e. The minimum Gasteiger partial charge on any atom is -0.481 e. The van der Waals surface area contributed by atoms with Gasteiger partial charge in [0.1, 0.15) is 12.1 Å². The second-order valence-corrected chi connectivity index (χ2v) is 6.92. The van der Waals surface area contributed by atoms with E-state index in [1.165, 1.54) is 12.8 Å². The Hall–Kier alpha value is -1.36. The Morgan fingerprint density at radius 2 is 2.14 bits per heavy atom. The van der Waals surface area contributed by atoms with Crippen molar-refractivity contribution in [3.8, 4) is 5.88 Å². The van der Waals surface area contributed by atoms with Crippen molar-refractivity contribution >= 4 is 5.82 Å². The number of hydrogen-bond acceptors (Lipinski definition) is 5. The predicted octanol–water partition coefficient (Wildman–Crippen LogP) is 2.40. The summed E-state index contributed by atoms with van der Waals surface area (Å²) in [4.78, 5) is 11.0. The first-order chi connectivity index (χ1) is 9.90. The van der Waals surface area contributed by atoms with Crippen molar-refractivity contribution in [3.05, 3.63) is 11.9 Å². The van der Waals surface area contributed by atoms with Gasteiger partial charge in [0.25, 0.3) is 0 Å². The van der Waals surface area contributed by atoms with Gasteiger partial charge < -0.3 is 15.0 Å². The standard InChI is InChI=1S/C16H28N4O/c1-12-14(17-11-18-15(12)21-5)20-8-6-7-13(10-20)9-19-16(2,3)4/h11,13,19H,6-10H2,1-5H3. The van der Waals surface area contributed by atoms with Crippen molar-refractivity contribution < 1.29 is 4.74 Å². The molecule has 21 heavy (non-hydrogen) atoms. The molecule has 1 saturated heterocycles. The number of rotatable bonds is 4. The fourth-order valence-electron chi connectivity index (χ4n) is 2.82. The van der Waals surface area contributed by atoms with Crippen molar-refractivity contribution in [1.29, 1.82) is 0 Å². The highest BCUT2D eigenvalue weighted by Crippen LogP contribution is 2.27. The van der Waals surface area contributed by atoms with E-state index < -0.39 is 0 Å². The van der Waals surface area contributed by atoms with Gasteiger partial charge in [-0.15, -0.1) is 0 Å². The second-order valence-electron chi connectivity index (χ2n) is 6.92. The highest BCUT2D eigenvalue weighted by atomic mass is 16.5. The molecule has 1 aliphatic heterocycles. The summed E-state index contributed by atoms with van der Waals surface area (Å²) in [7, 11) is 1.66. The summed E-state index contributed by atoms with van der Waals surface area (Å²) in [6.45, 7) is 11.8. The van der Waals surface area contributed by atoms with Gasteiger partial charge in [0.05, 0.1) is 12.7 Å². The zero-order chi connectivity index (χ0) is 15.5. The van der Waals surface area contributed by atoms with Gasteiger partial charge >= 0.3 is 0 Å². The first-order valence-electron chi connectivity index (χ1n) is 7.76. The number of anilines is 1. The van der Waals surface area contributed by atoms with Gasteiger partial charge in [-0.2, -0.15) is 0 Å². The number of methoxy groups -OCH3 is 1. The minimum atomic E-state index is 0.177. The number of aromatic nitrogens is 2. The van der Waals surface area contributed by atoms with Crippen LogP contribution in [0.5, 0.6) is 5.88 Å². The van der Waals surface area contributed by atoms with Gasteiger partial charge in [0.2, 0.25) is 5.88 Å². The van der Waals surface area contributed by atoms with Crippen LogP contribution in [0.3, 0.4) is 0 Å². The van der Waals surface area contributed by atoms with E-state index in [0.717, 1.165) is 31.0 Å². The maximum Gasteiger partial charge on any atom is 0.221 e. The molecule has 1 fully saturated rings. The summed E-state index contributed by atoms with van der Waals surface area (Å²) in [5.74, 6) is 2.36. The van der Waals surface area contributed by atoms with Crippen molar-refractivity contribution in [2.75, 3.05) is 31.6 Å². The molecule has 118 valence electrons. The molecule has 5 nitrogen and oxygen atoms in total. The average molecular weight is 292 g/mol. The first kappa shape index (κ1) is 16.0. The summed E-state index contributed by atoms with van der Waals surface area (Å²) < 4.78 is 5.31. The van der Waals surface area contributed by atoms with Crippen LogP contribution in [0.25, 0.3) is 0 Å². The Morgan fingerprint density at radius 3 is 2.81 bits per heavy atom. The van der Waals surface area contributed by atoms with Gasteiger partial charge in [0, 0.05) is 25.2 Å². The van der Waals surface area contributed by atoms with Crippen LogP contribution in [0.1, 0.15) is 39.2 Å². The molecule has 2 rings (SSSR count). The highest BCUT2D eigenvalue weighted by Gasteiger charge is 2.24. The van der Waals surface area contributed by atoms with Crippen molar-refractivity contribution in [1.82, 2.24) is 15.3 Å². The lowest BCUT2D eigenvalue weighted by atomic mass is 9.96. The number of nitrogens with one attached hydrogen (secondary N) is 1. The van der Waals surface area contributed by atoms with Gasteiger partial charge in [-0.1, -0.05) is 0 Å². The molecule has 0 aromatic carbocycles. The van der Waals surface area contributed by atoms with Crippen molar-refractivity contribution in [2.45, 2.75) is 46.1 Å². The fraction of sp³-hybridized carbons (Fsp3) is 0.750. The molecule has 1 aliphatic rings. The number of nitrogens with zero attached hydrogens (tertiary/aromatic N) is 3. The maximum atomic E-state index is 5.31. The zero-order valence-electron chi connectivity index (χ0n) is 13.9. The molecule has 0 aliphatic carbocycles. The lowest BCUT2D eigenvalue weighted by Gasteiger charge is -2.35. The van der Waals surface area contributed by atoms with E-state index in [2.05, 4.69) is 41.0 Å². The van der Waals surface area contributed by atoms with Gasteiger partial charge in [-0.05, 0) is 46.5 Å². The van der Waals surface area contributed by atoms with Crippen LogP contribution in [-0.2, 0) is 0 Å². The molecule has 1 aromatic heterocycles. The van der Waals surface area contributed by atoms with Gasteiger partial charge in [-0.3, -0.25) is 0 Å². The number of ether oxygens (including phenoxy) is 1. The molecule has 0 amide bonds. The molecule has 0 radical (unpaired) electrons. The van der Waals surface area contributed by atoms with Crippen LogP contribution in [0.15, 0.2) is 6.33 Å². The molecule has 0 saturated carbocycles. The molecule has 1 N–H and O–H groups in total. The SMILES string of the molecule is COc1ncnc(N2CCCC(CNC(C)(C)C)C2)c1C. The minimum absolute atomic E-state index is 0.177. The van der Waals surface area contributed by atoms with Crippen molar-refractivity contribution in [3.63, 3.8) is 0 Å². The summed E-state index contributed by atoms with van der Waals surface area (Å²) in [5.41, 5.74) is 1.21. The Kier molecular flexibility index (Phi) is 5.04. The maximum absolute atomic E-state index is 5.31. The van der Waals surface area contributed by atoms with E-state index in [4.69, 9.17) is 4.74 Å². The quantitative estimate of drug-likeness (QED) is 0.923. The fourth-order valence-corrected chi connectivity index (χ4v) is 2.82. The number of hydrogen-bond donors (Lipinski definition) is 1. The Balaban J connectivity index is 2.04. The van der Waals surface area contributed by atoms with Crippen molar-refractivity contribution in [2.24, 2.45) is 5.92 Å². The molecule has 1 atom stereocenters. The Bertz CT molecular complexity index is 470. The molecule has 1 aromatic rings. The second kappa shape index (κ2) is 6.60. The summed E-state index contributed by atoms with van der Waals surface area (Å²) in [5, 5.41) is 3.62. The summed E-state index contributed by atoms with van der Waals surface area (Å²) in [6, 6.07) is 0. The molecule has 2 heterocycles. The van der Waals surface area contributed by atoms with Gasteiger partial charge in [-0.25, -0.2) is 9.97 Å². The largest absolute Gasteiger partial charge is 0.481 e. The average Bonchev–Trinajstić information content (AvgIpc) is 2.45. The third-order valence-corrected chi connectivity index (χ3v) is 3.94. The van der Waals surface area contributed by atoms with Gasteiger partial charge in [0.15, 0.2) is 0 Å². The van der Waals surface area contributed by atoms with E-state index >= 15 is 0 Å². The summed E-state index contributed by atoms with van der Waals surface area (Å²) in [6.07, 6.45) is 4.08. The molecule has 0 bridgehead atoms. The first-order valence-corrected chi connectivity index (χ1v) is 7.76. The van der Waals surface area contributed by atoms with Crippen LogP contribution < -0.4 is 15.0 Å². The van der Waals surface area contributed by atoms with E-state index in [1.54, 1.807) is 13.4 Å². The molecule has 1 unspecified atom stereocenters. The van der Waals surface area contributed by atoms with Crippen LogP contribution in [0.4, 0.5) is 5.82 Å². The molecule has 5 heteroatoms. The van der Waals surface area contributed by atoms with Crippen LogP contribution in [0.2, 0.25) is 0 Å². The molecular formula is C16H28N4O. The van der Waals surface area contributed by atoms with E-state index in [9.17, 15) is 0 Å². The normalized spacial score (nSPS) is 19.7. The number of piperidine rings is 1. The van der Waals surface area contributed by atoms with E-state index in [-0.39, 0.29) is 5.54 Å². The highest BCUT2D eigenvalue weighted by molar-refractivity contribution is 5.50. The zero-order valence-corrected chi connectivity index (χ0v) is 13.9. The predicted molar refractivity (Wildman–Crippen MR) is 86.0 cm³/mol. The third-order valence-electron chi connectivity index (χ3n) is 3.94. The molecule has 0 spiro atoms. The lowest BCUT2D eigenvalue weighted by Crippen LogP contribution is -2.45. The summed E-state index contributed by atoms with van der Waals surface area (Å²) >= 11 is 0. The van der Waals surface area contributed by atoms with Crippen LogP contribution >= 0.6 is 0 Å². The Morgan fingerprint density at radius 1 is 1.38 bits per heavy atom. The van der Waals surface area contributed by atoms with E-state index in [0.29, 0.717) is 11.8 Å². The van der Waals surface area contributed by atoms with Crippen LogP contribution in [-0.4, -0.2) is 42.3 Å². The van der Waals surface area contributed by atoms with E-state index in [1.807, 2.05) is 6.92 Å². The third kappa shape index (κ3) is 4.30.